The van der Waals surface area contributed by atoms with E-state index in [0.717, 1.165) is 16.5 Å². The molecule has 0 spiro atoms. The zero-order chi connectivity index (χ0) is 15.5. The van der Waals surface area contributed by atoms with Crippen LogP contribution < -0.4 is 0 Å². The van der Waals surface area contributed by atoms with Crippen LogP contribution in [0, 0.1) is 10.1 Å². The molecule has 0 bridgehead atoms. The van der Waals surface area contributed by atoms with Gasteiger partial charge < -0.3 is 5.11 Å². The second-order valence-corrected chi connectivity index (χ2v) is 5.06. The van der Waals surface area contributed by atoms with Crippen LogP contribution in [0.15, 0.2) is 60.8 Å². The number of hydrogen-bond donors (Lipinski definition) is 1. The maximum atomic E-state index is 10.7. The number of fused-ring (bicyclic) bond motifs is 1. The van der Waals surface area contributed by atoms with E-state index in [9.17, 15) is 15.2 Å². The van der Waals surface area contributed by atoms with Gasteiger partial charge in [0.15, 0.2) is 0 Å². The topological polar surface area (TPSA) is 76.3 Å². The zero-order valence-corrected chi connectivity index (χ0v) is 11.7. The maximum absolute atomic E-state index is 10.7. The predicted octanol–water partition coefficient (Wildman–Crippen LogP) is 3.42. The van der Waals surface area contributed by atoms with Crippen LogP contribution in [0.3, 0.4) is 0 Å². The lowest BCUT2D eigenvalue weighted by atomic mass is 9.99. The van der Waals surface area contributed by atoms with Crippen molar-refractivity contribution in [1.82, 2.24) is 4.98 Å². The largest absolute Gasteiger partial charge is 0.388 e. The molecule has 0 aliphatic rings. The van der Waals surface area contributed by atoms with Crippen LogP contribution in [0.4, 0.5) is 5.69 Å². The van der Waals surface area contributed by atoms with E-state index in [2.05, 4.69) is 4.98 Å². The number of hydrogen-bond acceptors (Lipinski definition) is 4. The number of rotatable bonds is 4. The molecule has 0 aliphatic carbocycles. The Morgan fingerprint density at radius 1 is 1.09 bits per heavy atom. The zero-order valence-electron chi connectivity index (χ0n) is 11.7. The molecule has 22 heavy (non-hydrogen) atoms. The van der Waals surface area contributed by atoms with Gasteiger partial charge in [-0.05, 0) is 35.4 Å². The van der Waals surface area contributed by atoms with E-state index in [1.54, 1.807) is 18.3 Å². The molecule has 3 rings (SSSR count). The minimum absolute atomic E-state index is 0.0188. The van der Waals surface area contributed by atoms with Crippen molar-refractivity contribution >= 4 is 16.6 Å². The summed E-state index contributed by atoms with van der Waals surface area (Å²) in [6, 6.07) is 15.6. The fourth-order valence-electron chi connectivity index (χ4n) is 2.48. The van der Waals surface area contributed by atoms with E-state index >= 15 is 0 Å². The van der Waals surface area contributed by atoms with E-state index in [-0.39, 0.29) is 5.69 Å². The van der Waals surface area contributed by atoms with Crippen LogP contribution in [0.5, 0.6) is 0 Å². The summed E-state index contributed by atoms with van der Waals surface area (Å²) in [7, 11) is 0. The number of aliphatic hydroxyl groups is 1. The van der Waals surface area contributed by atoms with Gasteiger partial charge in [-0.15, -0.1) is 0 Å². The number of nitro benzene ring substituents is 1. The number of pyridine rings is 1. The minimum atomic E-state index is -0.716. The molecule has 1 aromatic heterocycles. The van der Waals surface area contributed by atoms with E-state index < -0.39 is 11.0 Å². The molecule has 2 aromatic carbocycles. The smallest absolute Gasteiger partial charge is 0.269 e. The monoisotopic (exact) mass is 294 g/mol. The Kier molecular flexibility index (Phi) is 3.80. The first kappa shape index (κ1) is 14.2. The Labute approximate surface area is 127 Å². The van der Waals surface area contributed by atoms with Gasteiger partial charge in [0.05, 0.1) is 16.5 Å². The van der Waals surface area contributed by atoms with E-state index in [1.807, 2.05) is 30.3 Å². The van der Waals surface area contributed by atoms with E-state index in [1.165, 1.54) is 12.1 Å². The molecule has 0 aliphatic heterocycles. The van der Waals surface area contributed by atoms with Crippen molar-refractivity contribution in [3.05, 3.63) is 82.0 Å². The number of benzene rings is 2. The Hall–Kier alpha value is -2.79. The van der Waals surface area contributed by atoms with Gasteiger partial charge in [0, 0.05) is 30.1 Å². The highest BCUT2D eigenvalue weighted by molar-refractivity contribution is 5.81. The van der Waals surface area contributed by atoms with Gasteiger partial charge >= 0.3 is 0 Å². The third-order valence-electron chi connectivity index (χ3n) is 3.64. The van der Waals surface area contributed by atoms with Gasteiger partial charge in [-0.1, -0.05) is 18.2 Å². The van der Waals surface area contributed by atoms with Crippen LogP contribution in [-0.2, 0) is 6.42 Å². The SMILES string of the molecule is O=[N+]([O-])c1ccc([C@@H](O)Cc2ccnc3ccccc23)cc1. The summed E-state index contributed by atoms with van der Waals surface area (Å²) in [5.74, 6) is 0. The summed E-state index contributed by atoms with van der Waals surface area (Å²) in [6.07, 6.45) is 1.44. The Morgan fingerprint density at radius 2 is 1.82 bits per heavy atom. The van der Waals surface area contributed by atoms with Crippen molar-refractivity contribution in [3.8, 4) is 0 Å². The molecular weight excluding hydrogens is 280 g/mol. The Balaban J connectivity index is 1.86. The number of para-hydroxylation sites is 1. The molecule has 110 valence electrons. The number of nitrogens with zero attached hydrogens (tertiary/aromatic N) is 2. The first-order valence-electron chi connectivity index (χ1n) is 6.90. The molecule has 0 radical (unpaired) electrons. The molecule has 0 unspecified atom stereocenters. The normalized spacial score (nSPS) is 12.2. The van der Waals surface area contributed by atoms with Crippen LogP contribution >= 0.6 is 0 Å². The van der Waals surface area contributed by atoms with Crippen molar-refractivity contribution < 1.29 is 10.0 Å². The fourth-order valence-corrected chi connectivity index (χ4v) is 2.48. The quantitative estimate of drug-likeness (QED) is 0.591. The highest BCUT2D eigenvalue weighted by atomic mass is 16.6. The molecule has 0 fully saturated rings. The van der Waals surface area contributed by atoms with Gasteiger partial charge in [-0.2, -0.15) is 0 Å². The molecular formula is C17H14N2O3. The number of aromatic nitrogens is 1. The molecule has 0 saturated carbocycles. The van der Waals surface area contributed by atoms with Crippen LogP contribution in [-0.4, -0.2) is 15.0 Å². The number of aliphatic hydroxyl groups excluding tert-OH is 1. The first-order valence-corrected chi connectivity index (χ1v) is 6.90. The lowest BCUT2D eigenvalue weighted by Crippen LogP contribution is -2.03. The maximum Gasteiger partial charge on any atom is 0.269 e. The molecule has 1 heterocycles. The van der Waals surface area contributed by atoms with Crippen LogP contribution in [0.1, 0.15) is 17.2 Å². The van der Waals surface area contributed by atoms with Gasteiger partial charge in [0.1, 0.15) is 0 Å². The second kappa shape index (κ2) is 5.91. The third kappa shape index (κ3) is 2.80. The van der Waals surface area contributed by atoms with E-state index in [0.29, 0.717) is 12.0 Å². The summed E-state index contributed by atoms with van der Waals surface area (Å²) in [5, 5.41) is 22.0. The lowest BCUT2D eigenvalue weighted by molar-refractivity contribution is -0.384. The molecule has 1 atom stereocenters. The van der Waals surface area contributed by atoms with Gasteiger partial charge in [-0.25, -0.2) is 0 Å². The number of non-ortho nitro benzene ring substituents is 1. The Morgan fingerprint density at radius 3 is 2.55 bits per heavy atom. The van der Waals surface area contributed by atoms with Crippen molar-refractivity contribution in [2.24, 2.45) is 0 Å². The summed E-state index contributed by atoms with van der Waals surface area (Å²) >= 11 is 0. The highest BCUT2D eigenvalue weighted by Crippen LogP contribution is 2.24. The van der Waals surface area contributed by atoms with Crippen molar-refractivity contribution in [1.29, 1.82) is 0 Å². The third-order valence-corrected chi connectivity index (χ3v) is 3.64. The van der Waals surface area contributed by atoms with Crippen LogP contribution in [0.2, 0.25) is 0 Å². The summed E-state index contributed by atoms with van der Waals surface area (Å²) < 4.78 is 0. The molecule has 0 amide bonds. The Bertz CT molecular complexity index is 810. The van der Waals surface area contributed by atoms with Gasteiger partial charge in [0.25, 0.3) is 5.69 Å². The molecule has 5 heteroatoms. The second-order valence-electron chi connectivity index (χ2n) is 5.06. The fraction of sp³-hybridized carbons (Fsp3) is 0.118. The van der Waals surface area contributed by atoms with Gasteiger partial charge in [-0.3, -0.25) is 15.1 Å². The molecule has 3 aromatic rings. The van der Waals surface area contributed by atoms with Crippen molar-refractivity contribution in [2.45, 2.75) is 12.5 Å². The molecule has 0 saturated heterocycles. The summed E-state index contributed by atoms with van der Waals surface area (Å²) in [6.45, 7) is 0. The summed E-state index contributed by atoms with van der Waals surface area (Å²) in [4.78, 5) is 14.5. The highest BCUT2D eigenvalue weighted by Gasteiger charge is 2.13. The first-order chi connectivity index (χ1) is 10.6. The van der Waals surface area contributed by atoms with Crippen molar-refractivity contribution in [2.75, 3.05) is 0 Å². The molecule has 5 nitrogen and oxygen atoms in total. The molecule has 1 N–H and O–H groups in total. The predicted molar refractivity (Wildman–Crippen MR) is 83.5 cm³/mol. The minimum Gasteiger partial charge on any atom is -0.388 e. The van der Waals surface area contributed by atoms with Gasteiger partial charge in [0.2, 0.25) is 0 Å². The average Bonchev–Trinajstić information content (AvgIpc) is 2.55. The lowest BCUT2D eigenvalue weighted by Gasteiger charge is -2.12. The van der Waals surface area contributed by atoms with Crippen LogP contribution in [0.25, 0.3) is 10.9 Å². The average molecular weight is 294 g/mol. The number of nitro groups is 1. The summed E-state index contributed by atoms with van der Waals surface area (Å²) in [5.41, 5.74) is 2.56. The standard InChI is InChI=1S/C17H14N2O3/c20-17(12-5-7-14(8-6-12)19(21)22)11-13-9-10-18-16-4-2-1-3-15(13)16/h1-10,17,20H,11H2/t17-/m0/s1. The van der Waals surface area contributed by atoms with E-state index in [4.69, 9.17) is 0 Å². The van der Waals surface area contributed by atoms with Crippen molar-refractivity contribution in [3.63, 3.8) is 0 Å².